The molecule has 0 radical (unpaired) electrons. The van der Waals surface area contributed by atoms with Gasteiger partial charge in [0.15, 0.2) is 13.9 Å². The van der Waals surface area contributed by atoms with Crippen LogP contribution in [0.2, 0.25) is 18.1 Å². The first-order valence-electron chi connectivity index (χ1n) is 9.42. The molecule has 3 rings (SSSR count). The van der Waals surface area contributed by atoms with Gasteiger partial charge in [-0.2, -0.15) is 0 Å². The molecule has 0 bridgehead atoms. The van der Waals surface area contributed by atoms with E-state index in [-0.39, 0.29) is 29.6 Å². The van der Waals surface area contributed by atoms with Crippen molar-refractivity contribution in [2.45, 2.75) is 57.0 Å². The molecule has 0 saturated carbocycles. The number of ether oxygens (including phenoxy) is 3. The Bertz CT molecular complexity index is 719. The van der Waals surface area contributed by atoms with E-state index in [0.29, 0.717) is 12.2 Å². The summed E-state index contributed by atoms with van der Waals surface area (Å²) in [7, 11) is -0.327. The predicted molar refractivity (Wildman–Crippen MR) is 107 cm³/mol. The monoisotopic (exact) mass is 390 g/mol. The number of hydrogen-bond acceptors (Lipinski definition) is 5. The number of rotatable bonds is 6. The van der Waals surface area contributed by atoms with Crippen molar-refractivity contribution in [2.24, 2.45) is 5.92 Å². The Kier molecular flexibility index (Phi) is 5.16. The van der Waals surface area contributed by atoms with Crippen LogP contribution in [0.3, 0.4) is 0 Å². The van der Waals surface area contributed by atoms with E-state index >= 15 is 0 Å². The lowest BCUT2D eigenvalue weighted by molar-refractivity contribution is -0.147. The molecule has 1 saturated heterocycles. The second-order valence-electron chi connectivity index (χ2n) is 8.91. The number of methoxy groups -OCH3 is 1. The van der Waals surface area contributed by atoms with Gasteiger partial charge in [-0.25, -0.2) is 0 Å². The molecular weight excluding hydrogens is 360 g/mol. The summed E-state index contributed by atoms with van der Waals surface area (Å²) in [5, 5.41) is 0.106. The molecule has 0 unspecified atom stereocenters. The van der Waals surface area contributed by atoms with Gasteiger partial charge in [-0.1, -0.05) is 26.8 Å². The van der Waals surface area contributed by atoms with Crippen LogP contribution in [0.4, 0.5) is 0 Å². The van der Waals surface area contributed by atoms with Crippen LogP contribution in [0.15, 0.2) is 36.4 Å². The van der Waals surface area contributed by atoms with Gasteiger partial charge in [-0.05, 0) is 48.5 Å². The smallest absolute Gasteiger partial charge is 0.307 e. The van der Waals surface area contributed by atoms with Gasteiger partial charge in [0.2, 0.25) is 0 Å². The highest BCUT2D eigenvalue weighted by atomic mass is 28.4. The van der Waals surface area contributed by atoms with Crippen LogP contribution in [0.25, 0.3) is 0 Å². The SMILES string of the molecule is COc1ccc(OC[C@]23C=C[C@@H](O[Si](C)(C)C(C)(C)C)[C@H]2CC(=O)O3)cc1. The highest BCUT2D eigenvalue weighted by Crippen LogP contribution is 2.46. The third-order valence-corrected chi connectivity index (χ3v) is 10.5. The topological polar surface area (TPSA) is 54.0 Å². The maximum Gasteiger partial charge on any atom is 0.307 e. The molecule has 148 valence electrons. The molecule has 1 heterocycles. The van der Waals surface area contributed by atoms with Crippen LogP contribution in [-0.2, 0) is 14.0 Å². The van der Waals surface area contributed by atoms with Gasteiger partial charge in [0.05, 0.1) is 19.6 Å². The standard InChI is InChI=1S/C21H30O5Si/c1-20(2,3)27(5,6)26-18-11-12-21(17(18)13-19(22)25-21)14-24-16-9-7-15(23-4)8-10-16/h7-12,17-18H,13-14H2,1-6H3/t17-,18-,21-/m1/s1. The van der Waals surface area contributed by atoms with Crippen LogP contribution in [0, 0.1) is 5.92 Å². The molecule has 0 aromatic heterocycles. The molecular formula is C21H30O5Si. The molecule has 1 aromatic carbocycles. The van der Waals surface area contributed by atoms with E-state index in [1.165, 1.54) is 0 Å². The van der Waals surface area contributed by atoms with E-state index < -0.39 is 13.9 Å². The van der Waals surface area contributed by atoms with Gasteiger partial charge in [0.25, 0.3) is 0 Å². The Morgan fingerprint density at radius 2 is 1.81 bits per heavy atom. The van der Waals surface area contributed by atoms with Crippen molar-refractivity contribution in [3.8, 4) is 11.5 Å². The first-order valence-corrected chi connectivity index (χ1v) is 12.3. The first kappa shape index (κ1) is 20.0. The Labute approximate surface area is 162 Å². The number of esters is 1. The fourth-order valence-electron chi connectivity index (χ4n) is 3.32. The molecule has 0 N–H and O–H groups in total. The van der Waals surface area contributed by atoms with E-state index in [4.69, 9.17) is 18.6 Å². The van der Waals surface area contributed by atoms with Crippen LogP contribution in [0.5, 0.6) is 11.5 Å². The van der Waals surface area contributed by atoms with Gasteiger partial charge < -0.3 is 18.6 Å². The van der Waals surface area contributed by atoms with Crippen molar-refractivity contribution >= 4 is 14.3 Å². The summed E-state index contributed by atoms with van der Waals surface area (Å²) in [6.07, 6.45) is 4.26. The maximum atomic E-state index is 12.1. The average Bonchev–Trinajstić information content (AvgIpc) is 3.08. The van der Waals surface area contributed by atoms with Crippen molar-refractivity contribution in [3.63, 3.8) is 0 Å². The van der Waals surface area contributed by atoms with Gasteiger partial charge in [-0.3, -0.25) is 4.79 Å². The second kappa shape index (κ2) is 6.98. The highest BCUT2D eigenvalue weighted by Gasteiger charge is 2.56. The fourth-order valence-corrected chi connectivity index (χ4v) is 4.59. The normalized spacial score (nSPS) is 27.4. The highest BCUT2D eigenvalue weighted by molar-refractivity contribution is 6.74. The van der Waals surface area contributed by atoms with Crippen molar-refractivity contribution in [1.82, 2.24) is 0 Å². The van der Waals surface area contributed by atoms with E-state index in [1.807, 2.05) is 30.3 Å². The van der Waals surface area contributed by atoms with Gasteiger partial charge >= 0.3 is 5.97 Å². The van der Waals surface area contributed by atoms with Gasteiger partial charge in [0, 0.05) is 5.92 Å². The second-order valence-corrected chi connectivity index (χ2v) is 13.7. The van der Waals surface area contributed by atoms with Crippen LogP contribution >= 0.6 is 0 Å². The van der Waals surface area contributed by atoms with E-state index in [0.717, 1.165) is 5.75 Å². The maximum absolute atomic E-state index is 12.1. The Morgan fingerprint density at radius 1 is 1.19 bits per heavy atom. The minimum absolute atomic E-state index is 0.0441. The number of benzene rings is 1. The van der Waals surface area contributed by atoms with Crippen molar-refractivity contribution in [1.29, 1.82) is 0 Å². The van der Waals surface area contributed by atoms with Crippen molar-refractivity contribution < 1.29 is 23.4 Å². The summed E-state index contributed by atoms with van der Waals surface area (Å²) >= 11 is 0. The Morgan fingerprint density at radius 3 is 2.41 bits per heavy atom. The average molecular weight is 391 g/mol. The van der Waals surface area contributed by atoms with Crippen molar-refractivity contribution in [3.05, 3.63) is 36.4 Å². The number of hydrogen-bond donors (Lipinski definition) is 0. The summed E-state index contributed by atoms with van der Waals surface area (Å²) in [6.45, 7) is 11.4. The summed E-state index contributed by atoms with van der Waals surface area (Å²) in [5.74, 6) is 1.26. The zero-order valence-corrected chi connectivity index (χ0v) is 18.1. The van der Waals surface area contributed by atoms with E-state index in [2.05, 4.69) is 39.9 Å². The fraction of sp³-hybridized carbons (Fsp3) is 0.571. The first-order chi connectivity index (χ1) is 12.6. The third kappa shape index (κ3) is 3.92. The lowest BCUT2D eigenvalue weighted by atomic mass is 9.90. The van der Waals surface area contributed by atoms with E-state index in [9.17, 15) is 4.79 Å². The Hall–Kier alpha value is -1.79. The molecule has 1 aromatic rings. The summed E-state index contributed by atoms with van der Waals surface area (Å²) in [4.78, 5) is 12.1. The number of carbonyl (C=O) groups is 1. The third-order valence-electron chi connectivity index (χ3n) is 6.04. The molecule has 1 aliphatic carbocycles. The quantitative estimate of drug-likeness (QED) is 0.411. The molecule has 27 heavy (non-hydrogen) atoms. The molecule has 5 nitrogen and oxygen atoms in total. The van der Waals surface area contributed by atoms with Gasteiger partial charge in [0.1, 0.15) is 18.1 Å². The molecule has 3 atom stereocenters. The summed E-state index contributed by atoms with van der Waals surface area (Å²) < 4.78 is 23.4. The van der Waals surface area contributed by atoms with Crippen LogP contribution in [0.1, 0.15) is 27.2 Å². The van der Waals surface area contributed by atoms with Gasteiger partial charge in [-0.15, -0.1) is 0 Å². The van der Waals surface area contributed by atoms with Crippen LogP contribution in [-0.4, -0.2) is 39.7 Å². The predicted octanol–water partition coefficient (Wildman–Crippen LogP) is 4.34. The van der Waals surface area contributed by atoms with E-state index in [1.54, 1.807) is 7.11 Å². The lowest BCUT2D eigenvalue weighted by Gasteiger charge is -2.40. The Balaban J connectivity index is 1.72. The molecule has 0 amide bonds. The summed E-state index contributed by atoms with van der Waals surface area (Å²) in [6, 6.07) is 7.39. The zero-order chi connectivity index (χ0) is 19.9. The van der Waals surface area contributed by atoms with Crippen molar-refractivity contribution in [2.75, 3.05) is 13.7 Å². The number of fused-ring (bicyclic) bond motifs is 1. The minimum atomic E-state index is -1.96. The minimum Gasteiger partial charge on any atom is -0.497 e. The largest absolute Gasteiger partial charge is 0.497 e. The zero-order valence-electron chi connectivity index (χ0n) is 17.1. The van der Waals surface area contributed by atoms with Crippen LogP contribution < -0.4 is 9.47 Å². The number of carbonyl (C=O) groups excluding carboxylic acids is 1. The molecule has 1 fully saturated rings. The summed E-state index contributed by atoms with van der Waals surface area (Å²) in [5.41, 5.74) is -0.746. The molecule has 2 aliphatic rings. The molecule has 0 spiro atoms. The molecule has 1 aliphatic heterocycles. The lowest BCUT2D eigenvalue weighted by Crippen LogP contribution is -2.47. The molecule has 6 heteroatoms.